The highest BCUT2D eigenvalue weighted by atomic mass is 16.5. The zero-order valence-corrected chi connectivity index (χ0v) is 14.8. The maximum atomic E-state index is 13.2. The molecule has 1 saturated heterocycles. The third-order valence-corrected chi connectivity index (χ3v) is 5.56. The minimum atomic E-state index is -0.425. The largest absolute Gasteiger partial charge is 0.376 e. The molecule has 0 bridgehead atoms. The van der Waals surface area contributed by atoms with E-state index in [9.17, 15) is 9.59 Å². The summed E-state index contributed by atoms with van der Waals surface area (Å²) >= 11 is 0. The molecule has 3 aromatic carbocycles. The molecule has 1 fully saturated rings. The Hall–Kier alpha value is -2.98. The van der Waals surface area contributed by atoms with Crippen molar-refractivity contribution in [2.45, 2.75) is 25.0 Å². The first-order chi connectivity index (χ1) is 13.3. The van der Waals surface area contributed by atoms with Crippen LogP contribution in [-0.2, 0) is 4.74 Å². The van der Waals surface area contributed by atoms with E-state index in [1.54, 1.807) is 24.3 Å². The third kappa shape index (κ3) is 2.48. The molecule has 4 nitrogen and oxygen atoms in total. The predicted octanol–water partition coefficient (Wildman–Crippen LogP) is 4.36. The van der Waals surface area contributed by atoms with E-state index >= 15 is 0 Å². The van der Waals surface area contributed by atoms with Crippen molar-refractivity contribution in [3.8, 4) is 0 Å². The normalized spacial score (nSPS) is 20.3. The van der Waals surface area contributed by atoms with Crippen molar-refractivity contribution in [1.29, 1.82) is 0 Å². The lowest BCUT2D eigenvalue weighted by Gasteiger charge is -2.32. The number of nitrogens with zero attached hydrogens (tertiary/aromatic N) is 1. The summed E-state index contributed by atoms with van der Waals surface area (Å²) in [4.78, 5) is 27.7. The van der Waals surface area contributed by atoms with E-state index in [1.165, 1.54) is 4.90 Å². The lowest BCUT2D eigenvalue weighted by atomic mass is 9.92. The molecule has 27 heavy (non-hydrogen) atoms. The molecule has 3 aromatic rings. The topological polar surface area (TPSA) is 46.6 Å². The molecule has 0 aromatic heterocycles. The lowest BCUT2D eigenvalue weighted by Crippen LogP contribution is -2.40. The zero-order valence-electron chi connectivity index (χ0n) is 14.8. The van der Waals surface area contributed by atoms with E-state index in [2.05, 4.69) is 0 Å². The number of carbonyl (C=O) groups excluding carboxylic acids is 2. The molecule has 134 valence electrons. The molecule has 5 rings (SSSR count). The van der Waals surface area contributed by atoms with E-state index in [4.69, 9.17) is 4.74 Å². The molecule has 2 unspecified atom stereocenters. The second-order valence-electron chi connectivity index (χ2n) is 7.09. The standard InChI is InChI=1S/C23H19NO3/c25-22-18-10-3-4-11-19(18)23(26)24(22)21(20-13-6-14-27-20)17-12-5-8-15-7-1-2-9-16(15)17/h1-5,7-12,20-21H,6,13-14H2. The van der Waals surface area contributed by atoms with Gasteiger partial charge in [-0.25, -0.2) is 0 Å². The van der Waals surface area contributed by atoms with Crippen molar-refractivity contribution in [2.75, 3.05) is 6.61 Å². The van der Waals surface area contributed by atoms with Gasteiger partial charge >= 0.3 is 0 Å². The molecule has 0 radical (unpaired) electrons. The average Bonchev–Trinajstić information content (AvgIpc) is 3.32. The Morgan fingerprint density at radius 1 is 0.852 bits per heavy atom. The fourth-order valence-corrected chi connectivity index (χ4v) is 4.33. The minimum Gasteiger partial charge on any atom is -0.376 e. The Balaban J connectivity index is 1.69. The monoisotopic (exact) mass is 357 g/mol. The van der Waals surface area contributed by atoms with Crippen LogP contribution in [0, 0.1) is 0 Å². The van der Waals surface area contributed by atoms with E-state index < -0.39 is 6.04 Å². The average molecular weight is 357 g/mol. The van der Waals surface area contributed by atoms with Crippen LogP contribution in [0.4, 0.5) is 0 Å². The molecule has 2 amide bonds. The Morgan fingerprint density at radius 2 is 1.52 bits per heavy atom. The molecule has 0 aliphatic carbocycles. The van der Waals surface area contributed by atoms with Crippen LogP contribution >= 0.6 is 0 Å². The van der Waals surface area contributed by atoms with Gasteiger partial charge in [0.15, 0.2) is 0 Å². The summed E-state index contributed by atoms with van der Waals surface area (Å²) in [6.45, 7) is 0.662. The Kier molecular flexibility index (Phi) is 3.80. The highest BCUT2D eigenvalue weighted by molar-refractivity contribution is 6.21. The summed E-state index contributed by atoms with van der Waals surface area (Å²) < 4.78 is 5.98. The number of hydrogen-bond donors (Lipinski definition) is 0. The van der Waals surface area contributed by atoms with Gasteiger partial charge in [0.2, 0.25) is 0 Å². The molecular formula is C23H19NO3. The van der Waals surface area contributed by atoms with E-state index in [0.717, 1.165) is 29.2 Å². The molecule has 4 heteroatoms. The zero-order chi connectivity index (χ0) is 18.4. The van der Waals surface area contributed by atoms with Crippen molar-refractivity contribution in [3.05, 3.63) is 83.4 Å². The second kappa shape index (κ2) is 6.32. The van der Waals surface area contributed by atoms with Gasteiger partial charge in [-0.05, 0) is 41.3 Å². The summed E-state index contributed by atoms with van der Waals surface area (Å²) in [5.74, 6) is -0.465. The Morgan fingerprint density at radius 3 is 2.22 bits per heavy atom. The van der Waals surface area contributed by atoms with Gasteiger partial charge in [-0.1, -0.05) is 54.6 Å². The summed E-state index contributed by atoms with van der Waals surface area (Å²) in [6, 6.07) is 20.7. The number of fused-ring (bicyclic) bond motifs is 2. The summed E-state index contributed by atoms with van der Waals surface area (Å²) in [5, 5.41) is 2.15. The molecule has 2 atom stereocenters. The van der Waals surface area contributed by atoms with Gasteiger partial charge in [-0.3, -0.25) is 14.5 Å². The smallest absolute Gasteiger partial charge is 0.262 e. The highest BCUT2D eigenvalue weighted by Crippen LogP contribution is 2.40. The first-order valence-corrected chi connectivity index (χ1v) is 9.32. The second-order valence-corrected chi connectivity index (χ2v) is 7.09. The maximum absolute atomic E-state index is 13.2. The van der Waals surface area contributed by atoms with Gasteiger partial charge in [0.05, 0.1) is 23.3 Å². The van der Waals surface area contributed by atoms with Crippen LogP contribution < -0.4 is 0 Å². The summed E-state index contributed by atoms with van der Waals surface area (Å²) in [5.41, 5.74) is 1.92. The van der Waals surface area contributed by atoms with Crippen LogP contribution in [0.1, 0.15) is 45.2 Å². The molecule has 2 aliphatic rings. The van der Waals surface area contributed by atoms with Gasteiger partial charge in [0.1, 0.15) is 0 Å². The molecular weight excluding hydrogens is 338 g/mol. The first kappa shape index (κ1) is 16.2. The molecule has 0 spiro atoms. The van der Waals surface area contributed by atoms with Crippen molar-refractivity contribution < 1.29 is 14.3 Å². The summed E-state index contributed by atoms with van der Waals surface area (Å²) in [7, 11) is 0. The highest BCUT2D eigenvalue weighted by Gasteiger charge is 2.44. The van der Waals surface area contributed by atoms with Gasteiger partial charge in [-0.15, -0.1) is 0 Å². The first-order valence-electron chi connectivity index (χ1n) is 9.32. The van der Waals surface area contributed by atoms with Crippen LogP contribution in [0.2, 0.25) is 0 Å². The molecule has 0 saturated carbocycles. The van der Waals surface area contributed by atoms with Gasteiger partial charge in [-0.2, -0.15) is 0 Å². The quantitative estimate of drug-likeness (QED) is 0.655. The minimum absolute atomic E-state index is 0.182. The Labute approximate surface area is 157 Å². The number of amides is 2. The number of rotatable bonds is 3. The van der Waals surface area contributed by atoms with Gasteiger partial charge in [0.25, 0.3) is 11.8 Å². The van der Waals surface area contributed by atoms with E-state index in [0.29, 0.717) is 17.7 Å². The van der Waals surface area contributed by atoms with Crippen LogP contribution in [0.3, 0.4) is 0 Å². The van der Waals surface area contributed by atoms with E-state index in [-0.39, 0.29) is 17.9 Å². The SMILES string of the molecule is O=C1c2ccccc2C(=O)N1C(c1cccc2ccccc12)C1CCCO1. The maximum Gasteiger partial charge on any atom is 0.262 e. The number of ether oxygens (including phenoxy) is 1. The number of hydrogen-bond acceptors (Lipinski definition) is 3. The van der Waals surface area contributed by atoms with Crippen molar-refractivity contribution in [1.82, 2.24) is 4.90 Å². The number of carbonyl (C=O) groups is 2. The van der Waals surface area contributed by atoms with Crippen LogP contribution in [0.15, 0.2) is 66.7 Å². The molecule has 2 heterocycles. The van der Waals surface area contributed by atoms with Gasteiger partial charge in [0, 0.05) is 6.61 Å². The predicted molar refractivity (Wildman–Crippen MR) is 103 cm³/mol. The number of benzene rings is 3. The van der Waals surface area contributed by atoms with Crippen molar-refractivity contribution >= 4 is 22.6 Å². The summed E-state index contributed by atoms with van der Waals surface area (Å²) in [6.07, 6.45) is 1.59. The van der Waals surface area contributed by atoms with Crippen LogP contribution in [0.5, 0.6) is 0 Å². The fourth-order valence-electron chi connectivity index (χ4n) is 4.33. The fraction of sp³-hybridized carbons (Fsp3) is 0.217. The number of imide groups is 1. The van der Waals surface area contributed by atoms with Crippen LogP contribution in [0.25, 0.3) is 10.8 Å². The van der Waals surface area contributed by atoms with Crippen LogP contribution in [-0.4, -0.2) is 29.4 Å². The third-order valence-electron chi connectivity index (χ3n) is 5.56. The lowest BCUT2D eigenvalue weighted by molar-refractivity contribution is 0.0222. The van der Waals surface area contributed by atoms with Gasteiger partial charge < -0.3 is 4.74 Å². The Bertz CT molecular complexity index is 1010. The van der Waals surface area contributed by atoms with Crippen molar-refractivity contribution in [2.24, 2.45) is 0 Å². The van der Waals surface area contributed by atoms with E-state index in [1.807, 2.05) is 42.5 Å². The molecule has 0 N–H and O–H groups in total. The van der Waals surface area contributed by atoms with Crippen molar-refractivity contribution in [3.63, 3.8) is 0 Å². The molecule has 2 aliphatic heterocycles.